The van der Waals surface area contributed by atoms with Gasteiger partial charge >= 0.3 is 0 Å². The van der Waals surface area contributed by atoms with E-state index in [1.807, 2.05) is 6.79 Å². The number of allylic oxidation sites excluding steroid dienone is 2. The molecule has 0 atom stereocenters. The van der Waals surface area contributed by atoms with Crippen LogP contribution in [0.25, 0.3) is 0 Å². The molecule has 0 saturated carbocycles. The van der Waals surface area contributed by atoms with Crippen LogP contribution in [0.5, 0.6) is 0 Å². The molecule has 0 bridgehead atoms. The van der Waals surface area contributed by atoms with E-state index >= 15 is 0 Å². The van der Waals surface area contributed by atoms with Crippen molar-refractivity contribution in [2.24, 2.45) is 0 Å². The van der Waals surface area contributed by atoms with Crippen LogP contribution in [0.15, 0.2) is 42.6 Å². The molecule has 33 heavy (non-hydrogen) atoms. The van der Waals surface area contributed by atoms with Gasteiger partial charge in [-0.05, 0) is 76.5 Å². The summed E-state index contributed by atoms with van der Waals surface area (Å²) in [6.45, 7) is 21.7. The number of hydrogen-bond acceptors (Lipinski definition) is 5. The number of rotatable bonds is 13. The third-order valence-electron chi connectivity index (χ3n) is 5.40. The van der Waals surface area contributed by atoms with Crippen molar-refractivity contribution in [3.05, 3.63) is 59.3 Å². The highest BCUT2D eigenvalue weighted by molar-refractivity contribution is 5.38. The molecular weight excluding hydrogens is 408 g/mol. The smallest absolute Gasteiger partial charge is 0.106 e. The van der Waals surface area contributed by atoms with Gasteiger partial charge in [0, 0.05) is 37.8 Å². The second-order valence-corrected chi connectivity index (χ2v) is 9.37. The lowest BCUT2D eigenvalue weighted by molar-refractivity contribution is -0.0979. The Morgan fingerprint density at radius 1 is 1.12 bits per heavy atom. The topological polar surface area (TPSA) is 56.4 Å². The van der Waals surface area contributed by atoms with Gasteiger partial charge in [0.2, 0.25) is 0 Å². The molecule has 1 aliphatic heterocycles. The number of unbranched alkanes of at least 4 members (excludes halogenated alkanes) is 2. The highest BCUT2D eigenvalue weighted by Gasteiger charge is 2.12. The molecule has 5 nitrogen and oxygen atoms in total. The third kappa shape index (κ3) is 16.3. The fourth-order valence-corrected chi connectivity index (χ4v) is 3.70. The zero-order valence-electron chi connectivity index (χ0n) is 22.1. The van der Waals surface area contributed by atoms with Crippen LogP contribution in [-0.2, 0) is 24.2 Å². The van der Waals surface area contributed by atoms with Crippen molar-refractivity contribution in [2.45, 2.75) is 71.9 Å². The van der Waals surface area contributed by atoms with Crippen LogP contribution in [0.4, 0.5) is 0 Å². The van der Waals surface area contributed by atoms with Gasteiger partial charge in [0.25, 0.3) is 0 Å². The Balaban J connectivity index is 0.000000673. The molecule has 0 amide bonds. The summed E-state index contributed by atoms with van der Waals surface area (Å²) >= 11 is 0. The summed E-state index contributed by atoms with van der Waals surface area (Å²) in [7, 11) is 4.25. The van der Waals surface area contributed by atoms with Crippen LogP contribution >= 0.6 is 0 Å². The van der Waals surface area contributed by atoms with Crippen molar-refractivity contribution in [1.82, 2.24) is 20.9 Å². The molecule has 0 spiro atoms. The molecular formula is C28H50N4O. The van der Waals surface area contributed by atoms with Gasteiger partial charge < -0.3 is 25.6 Å². The number of fused-ring (bicyclic) bond motifs is 1. The quantitative estimate of drug-likeness (QED) is 0.301. The van der Waals surface area contributed by atoms with Gasteiger partial charge in [-0.2, -0.15) is 0 Å². The predicted octanol–water partition coefficient (Wildman–Crippen LogP) is 4.48. The molecule has 0 aromatic heterocycles. The van der Waals surface area contributed by atoms with Crippen LogP contribution < -0.4 is 16.0 Å². The molecule has 1 aromatic rings. The van der Waals surface area contributed by atoms with E-state index in [9.17, 15) is 0 Å². The maximum Gasteiger partial charge on any atom is 0.106 e. The van der Waals surface area contributed by atoms with Gasteiger partial charge in [-0.1, -0.05) is 50.6 Å². The minimum atomic E-state index is 0.540. The van der Waals surface area contributed by atoms with Gasteiger partial charge in [-0.15, -0.1) is 6.58 Å². The van der Waals surface area contributed by atoms with E-state index in [1.54, 1.807) is 0 Å². The average molecular weight is 459 g/mol. The molecule has 2 rings (SSSR count). The lowest BCUT2D eigenvalue weighted by Gasteiger charge is -2.21. The summed E-state index contributed by atoms with van der Waals surface area (Å²) in [5, 5.41) is 10.3. The number of carbonyl (C=O) groups is 1. The highest BCUT2D eigenvalue weighted by Crippen LogP contribution is 2.20. The SMILES string of the molecule is C=C(C)CCCCCN(C)C.C=C(Cc1cccc2c1CCNC2)NCCNC(C)C.C=O. The van der Waals surface area contributed by atoms with Crippen molar-refractivity contribution in [3.63, 3.8) is 0 Å². The number of nitrogens with zero attached hydrogens (tertiary/aromatic N) is 1. The molecule has 0 aliphatic carbocycles. The zero-order chi connectivity index (χ0) is 25.1. The average Bonchev–Trinajstić information content (AvgIpc) is 2.78. The molecule has 0 radical (unpaired) electrons. The molecule has 1 heterocycles. The maximum atomic E-state index is 8.00. The van der Waals surface area contributed by atoms with Crippen molar-refractivity contribution < 1.29 is 4.79 Å². The first-order valence-corrected chi connectivity index (χ1v) is 12.3. The van der Waals surface area contributed by atoms with Crippen LogP contribution in [0.2, 0.25) is 0 Å². The number of nitrogens with one attached hydrogen (secondary N) is 3. The molecule has 1 aromatic carbocycles. The summed E-state index contributed by atoms with van der Waals surface area (Å²) in [6, 6.07) is 7.17. The normalized spacial score (nSPS) is 12.2. The summed E-state index contributed by atoms with van der Waals surface area (Å²) in [5.74, 6) is 0. The van der Waals surface area contributed by atoms with Crippen molar-refractivity contribution >= 4 is 6.79 Å². The maximum absolute atomic E-state index is 8.00. The number of hydrogen-bond donors (Lipinski definition) is 3. The molecule has 0 fully saturated rings. The van der Waals surface area contributed by atoms with Crippen LogP contribution in [0, 0.1) is 0 Å². The van der Waals surface area contributed by atoms with Crippen LogP contribution in [0.1, 0.15) is 63.1 Å². The van der Waals surface area contributed by atoms with Gasteiger partial charge in [0.1, 0.15) is 6.79 Å². The monoisotopic (exact) mass is 458 g/mol. The van der Waals surface area contributed by atoms with Crippen molar-refractivity contribution in [2.75, 3.05) is 40.3 Å². The Kier molecular flexibility index (Phi) is 18.4. The number of benzene rings is 1. The largest absolute Gasteiger partial charge is 0.387 e. The van der Waals surface area contributed by atoms with E-state index in [1.165, 1.54) is 54.5 Å². The van der Waals surface area contributed by atoms with Gasteiger partial charge in [-0.3, -0.25) is 0 Å². The standard InChI is InChI=1S/C17H27N3.C10H21N.CH2O/c1-13(2)19-9-10-20-14(3)11-15-5-4-6-16-12-18-8-7-17(15)16;1-10(2)8-6-5-7-9-11(3)4;1-2/h4-6,13,18-20H,3,7-12H2,1-2H3;1,5-9H2,2-4H3;1H2. The molecule has 0 unspecified atom stereocenters. The molecule has 3 N–H and O–H groups in total. The summed E-state index contributed by atoms with van der Waals surface area (Å²) in [5.41, 5.74) is 6.83. The van der Waals surface area contributed by atoms with Crippen LogP contribution in [0.3, 0.4) is 0 Å². The van der Waals surface area contributed by atoms with E-state index in [-0.39, 0.29) is 0 Å². The molecule has 188 valence electrons. The molecule has 0 saturated heterocycles. The number of carbonyl (C=O) groups excluding carboxylic acids is 1. The van der Waals surface area contributed by atoms with E-state index < -0.39 is 0 Å². The molecule has 5 heteroatoms. The minimum Gasteiger partial charge on any atom is -0.387 e. The molecule has 1 aliphatic rings. The zero-order valence-corrected chi connectivity index (χ0v) is 22.1. The van der Waals surface area contributed by atoms with Crippen molar-refractivity contribution in [1.29, 1.82) is 0 Å². The first-order chi connectivity index (χ1) is 15.8. The predicted molar refractivity (Wildman–Crippen MR) is 145 cm³/mol. The van der Waals surface area contributed by atoms with E-state index in [2.05, 4.69) is 87.1 Å². The minimum absolute atomic E-state index is 0.540. The first-order valence-electron chi connectivity index (χ1n) is 12.3. The third-order valence-corrected chi connectivity index (χ3v) is 5.40. The fourth-order valence-electron chi connectivity index (χ4n) is 3.70. The lowest BCUT2D eigenvalue weighted by Crippen LogP contribution is -2.31. The second-order valence-electron chi connectivity index (χ2n) is 9.37. The Bertz CT molecular complexity index is 670. The fraction of sp³-hybridized carbons (Fsp3) is 0.607. The lowest BCUT2D eigenvalue weighted by atomic mass is 9.93. The van der Waals surface area contributed by atoms with Gasteiger partial charge in [0.05, 0.1) is 0 Å². The van der Waals surface area contributed by atoms with Gasteiger partial charge in [0.15, 0.2) is 0 Å². The van der Waals surface area contributed by atoms with E-state index in [4.69, 9.17) is 4.79 Å². The Hall–Kier alpha value is -1.95. The van der Waals surface area contributed by atoms with Crippen molar-refractivity contribution in [3.8, 4) is 0 Å². The summed E-state index contributed by atoms with van der Waals surface area (Å²) in [4.78, 5) is 10.2. The van der Waals surface area contributed by atoms with E-state index in [0.29, 0.717) is 6.04 Å². The highest BCUT2D eigenvalue weighted by atomic mass is 16.1. The van der Waals surface area contributed by atoms with E-state index in [0.717, 1.165) is 44.7 Å². The van der Waals surface area contributed by atoms with Crippen LogP contribution in [-0.4, -0.2) is 58.0 Å². The Morgan fingerprint density at radius 3 is 2.48 bits per heavy atom. The second kappa shape index (κ2) is 19.5. The summed E-state index contributed by atoms with van der Waals surface area (Å²) in [6.07, 6.45) is 7.24. The summed E-state index contributed by atoms with van der Waals surface area (Å²) < 4.78 is 0. The first kappa shape index (κ1) is 31.0. The Labute approximate surface area is 204 Å². The Morgan fingerprint density at radius 2 is 1.85 bits per heavy atom. The van der Waals surface area contributed by atoms with Gasteiger partial charge in [-0.25, -0.2) is 0 Å².